The summed E-state index contributed by atoms with van der Waals surface area (Å²) >= 11 is 3.15. The van der Waals surface area contributed by atoms with Crippen molar-refractivity contribution >= 4 is 39.3 Å². The first-order chi connectivity index (χ1) is 8.85. The number of hydrazine groups is 1. The third-order valence-corrected chi connectivity index (χ3v) is 4.26. The Bertz CT molecular complexity index is 649. The minimum Gasteiger partial charge on any atom is -0.292 e. The predicted molar refractivity (Wildman–Crippen MR) is 73.6 cm³/mol. The smallest absolute Gasteiger partial charge is 0.238 e. The monoisotopic (exact) mass is 275 g/mol. The molecule has 0 amide bonds. The zero-order chi connectivity index (χ0) is 12.4. The summed E-state index contributed by atoms with van der Waals surface area (Å²) in [5.41, 5.74) is 3.44. The number of hydrogen-bond donors (Lipinski definition) is 2. The Kier molecular flexibility index (Phi) is 3.09. The van der Waals surface area contributed by atoms with Gasteiger partial charge >= 0.3 is 0 Å². The SMILES string of the molecule is NNc1nccc(Sc2nc3ccccc3s2)n1. The Morgan fingerprint density at radius 2 is 2.06 bits per heavy atom. The zero-order valence-electron chi connectivity index (χ0n) is 9.20. The molecule has 5 nitrogen and oxygen atoms in total. The van der Waals surface area contributed by atoms with Gasteiger partial charge in [0.1, 0.15) is 5.03 Å². The number of nitrogens with two attached hydrogens (primary N) is 1. The van der Waals surface area contributed by atoms with Crippen molar-refractivity contribution in [2.24, 2.45) is 5.84 Å². The van der Waals surface area contributed by atoms with E-state index in [9.17, 15) is 0 Å². The van der Waals surface area contributed by atoms with Gasteiger partial charge in [0.2, 0.25) is 5.95 Å². The molecule has 90 valence electrons. The lowest BCUT2D eigenvalue weighted by Gasteiger charge is -1.99. The normalized spacial score (nSPS) is 10.7. The summed E-state index contributed by atoms with van der Waals surface area (Å²) in [5, 5.41) is 0.817. The van der Waals surface area contributed by atoms with Gasteiger partial charge in [0, 0.05) is 6.20 Å². The molecule has 2 aromatic heterocycles. The summed E-state index contributed by atoms with van der Waals surface area (Å²) < 4.78 is 2.13. The van der Waals surface area contributed by atoms with E-state index in [-0.39, 0.29) is 0 Å². The molecule has 3 aromatic rings. The van der Waals surface area contributed by atoms with Gasteiger partial charge in [-0.05, 0) is 30.0 Å². The second kappa shape index (κ2) is 4.89. The number of fused-ring (bicyclic) bond motifs is 1. The van der Waals surface area contributed by atoms with Crippen LogP contribution in [0.2, 0.25) is 0 Å². The maximum absolute atomic E-state index is 5.28. The molecule has 0 saturated heterocycles. The number of nitrogens with one attached hydrogen (secondary N) is 1. The molecule has 0 atom stereocenters. The second-order valence-electron chi connectivity index (χ2n) is 3.41. The van der Waals surface area contributed by atoms with E-state index in [1.807, 2.05) is 24.3 Å². The van der Waals surface area contributed by atoms with Crippen LogP contribution in [0.1, 0.15) is 0 Å². The molecule has 0 aliphatic rings. The fourth-order valence-corrected chi connectivity index (χ4v) is 3.43. The van der Waals surface area contributed by atoms with Crippen LogP contribution in [0.5, 0.6) is 0 Å². The number of para-hydroxylation sites is 1. The van der Waals surface area contributed by atoms with E-state index in [2.05, 4.69) is 26.4 Å². The quantitative estimate of drug-likeness (QED) is 0.434. The molecule has 0 bridgehead atoms. The van der Waals surface area contributed by atoms with Crippen molar-refractivity contribution in [2.45, 2.75) is 9.37 Å². The van der Waals surface area contributed by atoms with E-state index < -0.39 is 0 Å². The lowest BCUT2D eigenvalue weighted by atomic mass is 10.3. The number of anilines is 1. The Morgan fingerprint density at radius 1 is 1.17 bits per heavy atom. The highest BCUT2D eigenvalue weighted by Gasteiger charge is 2.06. The maximum atomic E-state index is 5.28. The standard InChI is InChI=1S/C11H9N5S2/c12-16-10-13-6-5-9(15-10)18-11-14-7-3-1-2-4-8(7)17-11/h1-6H,12H2,(H,13,15,16). The molecule has 0 spiro atoms. The largest absolute Gasteiger partial charge is 0.292 e. The van der Waals surface area contributed by atoms with E-state index >= 15 is 0 Å². The summed E-state index contributed by atoms with van der Waals surface area (Å²) in [4.78, 5) is 12.7. The summed E-state index contributed by atoms with van der Waals surface area (Å²) in [6.45, 7) is 0. The molecule has 3 rings (SSSR count). The van der Waals surface area contributed by atoms with Crippen molar-refractivity contribution < 1.29 is 0 Å². The van der Waals surface area contributed by atoms with Crippen molar-refractivity contribution in [1.82, 2.24) is 15.0 Å². The van der Waals surface area contributed by atoms with Gasteiger partial charge in [-0.1, -0.05) is 12.1 Å². The number of benzene rings is 1. The van der Waals surface area contributed by atoms with E-state index in [1.165, 1.54) is 16.5 Å². The second-order valence-corrected chi connectivity index (χ2v) is 5.71. The topological polar surface area (TPSA) is 76.7 Å². The fourth-order valence-electron chi connectivity index (χ4n) is 1.45. The third-order valence-electron chi connectivity index (χ3n) is 2.23. The van der Waals surface area contributed by atoms with Crippen LogP contribution in [0.3, 0.4) is 0 Å². The molecular weight excluding hydrogens is 266 g/mol. The van der Waals surface area contributed by atoms with Gasteiger partial charge in [-0.2, -0.15) is 0 Å². The highest BCUT2D eigenvalue weighted by atomic mass is 32.2. The van der Waals surface area contributed by atoms with Gasteiger partial charge in [-0.3, -0.25) is 5.43 Å². The highest BCUT2D eigenvalue weighted by Crippen LogP contribution is 2.33. The number of thiazole rings is 1. The molecule has 0 unspecified atom stereocenters. The van der Waals surface area contributed by atoms with Crippen LogP contribution < -0.4 is 11.3 Å². The van der Waals surface area contributed by atoms with Gasteiger partial charge < -0.3 is 0 Å². The van der Waals surface area contributed by atoms with Crippen molar-refractivity contribution in [3.8, 4) is 0 Å². The molecule has 3 N–H and O–H groups in total. The molecule has 0 aliphatic carbocycles. The number of hydrogen-bond acceptors (Lipinski definition) is 7. The van der Waals surface area contributed by atoms with Crippen LogP contribution in [0, 0.1) is 0 Å². The maximum Gasteiger partial charge on any atom is 0.238 e. The first-order valence-electron chi connectivity index (χ1n) is 5.18. The Balaban J connectivity index is 1.91. The first-order valence-corrected chi connectivity index (χ1v) is 6.81. The Hall–Kier alpha value is -1.70. The van der Waals surface area contributed by atoms with E-state index in [4.69, 9.17) is 5.84 Å². The number of aromatic nitrogens is 3. The van der Waals surface area contributed by atoms with Crippen LogP contribution in [0.25, 0.3) is 10.2 Å². The van der Waals surface area contributed by atoms with Crippen LogP contribution in [0.15, 0.2) is 45.9 Å². The van der Waals surface area contributed by atoms with Gasteiger partial charge in [0.15, 0.2) is 4.34 Å². The number of nitrogens with zero attached hydrogens (tertiary/aromatic N) is 3. The molecule has 0 aliphatic heterocycles. The average Bonchev–Trinajstić information content (AvgIpc) is 2.81. The van der Waals surface area contributed by atoms with Crippen molar-refractivity contribution in [1.29, 1.82) is 0 Å². The van der Waals surface area contributed by atoms with E-state index in [1.54, 1.807) is 17.5 Å². The lowest BCUT2D eigenvalue weighted by molar-refractivity contribution is 1.03. The number of nitrogen functional groups attached to an aromatic ring is 1. The molecule has 0 saturated carbocycles. The Morgan fingerprint density at radius 3 is 2.89 bits per heavy atom. The highest BCUT2D eigenvalue weighted by molar-refractivity contribution is 8.01. The summed E-state index contributed by atoms with van der Waals surface area (Å²) in [6, 6.07) is 9.89. The van der Waals surface area contributed by atoms with Gasteiger partial charge in [0.05, 0.1) is 10.2 Å². The minimum atomic E-state index is 0.404. The van der Waals surface area contributed by atoms with E-state index in [0.29, 0.717) is 5.95 Å². The van der Waals surface area contributed by atoms with Crippen LogP contribution >= 0.6 is 23.1 Å². The lowest BCUT2D eigenvalue weighted by Crippen LogP contribution is -2.10. The first kappa shape index (κ1) is 11.4. The average molecular weight is 275 g/mol. The van der Waals surface area contributed by atoms with Crippen molar-refractivity contribution in [2.75, 3.05) is 5.43 Å². The predicted octanol–water partition coefficient (Wildman–Crippen LogP) is 2.52. The minimum absolute atomic E-state index is 0.404. The third kappa shape index (κ3) is 2.28. The van der Waals surface area contributed by atoms with Gasteiger partial charge in [-0.25, -0.2) is 20.8 Å². The molecule has 1 aromatic carbocycles. The molecule has 7 heteroatoms. The number of rotatable bonds is 3. The summed E-state index contributed by atoms with van der Waals surface area (Å²) in [5.74, 6) is 5.68. The molecule has 18 heavy (non-hydrogen) atoms. The summed E-state index contributed by atoms with van der Waals surface area (Å²) in [6.07, 6.45) is 1.66. The van der Waals surface area contributed by atoms with Crippen LogP contribution in [0.4, 0.5) is 5.95 Å². The molecule has 2 heterocycles. The van der Waals surface area contributed by atoms with Crippen molar-refractivity contribution in [3.63, 3.8) is 0 Å². The summed E-state index contributed by atoms with van der Waals surface area (Å²) in [7, 11) is 0. The molecular formula is C11H9N5S2. The van der Waals surface area contributed by atoms with Crippen LogP contribution in [-0.4, -0.2) is 15.0 Å². The van der Waals surface area contributed by atoms with Gasteiger partial charge in [0.25, 0.3) is 0 Å². The van der Waals surface area contributed by atoms with Crippen molar-refractivity contribution in [3.05, 3.63) is 36.5 Å². The van der Waals surface area contributed by atoms with Crippen LogP contribution in [-0.2, 0) is 0 Å². The van der Waals surface area contributed by atoms with Gasteiger partial charge in [-0.15, -0.1) is 11.3 Å². The fraction of sp³-hybridized carbons (Fsp3) is 0. The Labute approximate surface area is 111 Å². The molecule has 0 fully saturated rings. The van der Waals surface area contributed by atoms with E-state index in [0.717, 1.165) is 14.9 Å². The zero-order valence-corrected chi connectivity index (χ0v) is 10.8. The molecule has 0 radical (unpaired) electrons.